The molecular weight excluding hydrogens is 469 g/mol. The van der Waals surface area contributed by atoms with Gasteiger partial charge in [-0.15, -0.1) is 0 Å². The lowest BCUT2D eigenvalue weighted by atomic mass is 10.1. The Morgan fingerprint density at radius 1 is 1.03 bits per heavy atom. The normalized spacial score (nSPS) is 18.3. The van der Waals surface area contributed by atoms with Gasteiger partial charge in [0, 0.05) is 12.8 Å². The summed E-state index contributed by atoms with van der Waals surface area (Å²) in [6.45, 7) is -1.02. The molecule has 182 valence electrons. The van der Waals surface area contributed by atoms with Crippen molar-refractivity contribution in [2.45, 2.75) is 31.5 Å². The fourth-order valence-corrected chi connectivity index (χ4v) is 3.75. The van der Waals surface area contributed by atoms with Crippen LogP contribution in [0, 0.1) is 0 Å². The summed E-state index contributed by atoms with van der Waals surface area (Å²) in [4.78, 5) is 50.1. The number of benzene rings is 2. The van der Waals surface area contributed by atoms with Gasteiger partial charge in [0.15, 0.2) is 6.61 Å². The largest absolute Gasteiger partial charge is 0.451 e. The van der Waals surface area contributed by atoms with Crippen LogP contribution >= 0.6 is 0 Å². The number of esters is 1. The SMILES string of the molecule is O=C1CC(C(F)(F)F)N(C(=O)COC(=O)C2=NN(c3ccccc3)C(=O)CC2)c2ccccc2N1. The third kappa shape index (κ3) is 5.15. The van der Waals surface area contributed by atoms with Crippen LogP contribution < -0.4 is 15.2 Å². The van der Waals surface area contributed by atoms with E-state index in [9.17, 15) is 32.3 Å². The molecule has 1 unspecified atom stereocenters. The van der Waals surface area contributed by atoms with Crippen LogP contribution in [0.4, 0.5) is 30.2 Å². The van der Waals surface area contributed by atoms with Gasteiger partial charge in [0.05, 0.1) is 23.5 Å². The van der Waals surface area contributed by atoms with Gasteiger partial charge in [0.25, 0.3) is 5.91 Å². The van der Waals surface area contributed by atoms with Gasteiger partial charge < -0.3 is 10.1 Å². The Morgan fingerprint density at radius 3 is 2.43 bits per heavy atom. The Hall–Kier alpha value is -4.22. The van der Waals surface area contributed by atoms with E-state index >= 15 is 0 Å². The summed E-state index contributed by atoms with van der Waals surface area (Å²) in [5, 5.41) is 7.39. The number of halogens is 3. The number of hydrogen-bond donors (Lipinski definition) is 1. The zero-order chi connectivity index (χ0) is 25.2. The number of nitrogens with one attached hydrogen (secondary N) is 1. The molecule has 2 aromatic carbocycles. The molecule has 2 heterocycles. The number of anilines is 3. The van der Waals surface area contributed by atoms with Crippen LogP contribution in [-0.4, -0.2) is 48.2 Å². The van der Waals surface area contributed by atoms with Crippen LogP contribution in [0.5, 0.6) is 0 Å². The molecule has 0 bridgehead atoms. The monoisotopic (exact) mass is 488 g/mol. The number of alkyl halides is 3. The van der Waals surface area contributed by atoms with Crippen molar-refractivity contribution in [2.24, 2.45) is 5.10 Å². The second kappa shape index (κ2) is 9.57. The first-order chi connectivity index (χ1) is 16.6. The molecule has 0 fully saturated rings. The van der Waals surface area contributed by atoms with E-state index in [0.29, 0.717) is 10.6 Å². The summed E-state index contributed by atoms with van der Waals surface area (Å²) in [5.74, 6) is -3.46. The van der Waals surface area contributed by atoms with E-state index in [-0.39, 0.29) is 35.8 Å². The van der Waals surface area contributed by atoms with Crippen LogP contribution in [0.2, 0.25) is 0 Å². The molecule has 1 atom stereocenters. The molecule has 1 N–H and O–H groups in total. The number of carbonyl (C=O) groups excluding carboxylic acids is 4. The molecule has 0 saturated carbocycles. The fraction of sp³-hybridized carbons (Fsp3) is 0.261. The number of amides is 3. The average molecular weight is 488 g/mol. The predicted molar refractivity (Wildman–Crippen MR) is 119 cm³/mol. The maximum Gasteiger partial charge on any atom is 0.409 e. The molecule has 2 aliphatic heterocycles. The highest BCUT2D eigenvalue weighted by molar-refractivity contribution is 6.38. The number of rotatable bonds is 4. The van der Waals surface area contributed by atoms with Crippen molar-refractivity contribution in [2.75, 3.05) is 21.8 Å². The maximum atomic E-state index is 13.8. The van der Waals surface area contributed by atoms with Crippen LogP contribution in [0.15, 0.2) is 59.7 Å². The van der Waals surface area contributed by atoms with Crippen LogP contribution in [0.25, 0.3) is 0 Å². The number of nitrogens with zero attached hydrogens (tertiary/aromatic N) is 3. The standard InChI is InChI=1S/C23H19F3N4O5/c24-23(25,26)18-12-19(31)27-15-8-4-5-9-17(15)29(18)21(33)13-35-22(34)16-10-11-20(32)30(28-16)14-6-2-1-3-7-14/h1-9,18H,10-13H2,(H,27,31). The number of fused-ring (bicyclic) bond motifs is 1. The van der Waals surface area contributed by atoms with E-state index in [1.165, 1.54) is 24.3 Å². The summed E-state index contributed by atoms with van der Waals surface area (Å²) in [7, 11) is 0. The van der Waals surface area contributed by atoms with Gasteiger partial charge in [0.2, 0.25) is 11.8 Å². The Kier molecular flexibility index (Phi) is 6.54. The Morgan fingerprint density at radius 2 is 1.71 bits per heavy atom. The molecule has 9 nitrogen and oxygen atoms in total. The van der Waals surface area contributed by atoms with Gasteiger partial charge in [-0.3, -0.25) is 19.3 Å². The number of carbonyl (C=O) groups is 4. The van der Waals surface area contributed by atoms with Gasteiger partial charge in [-0.25, -0.2) is 9.80 Å². The lowest BCUT2D eigenvalue weighted by molar-refractivity contribution is -0.159. The third-order valence-electron chi connectivity index (χ3n) is 5.37. The van der Waals surface area contributed by atoms with Crippen LogP contribution in [0.1, 0.15) is 19.3 Å². The first-order valence-electron chi connectivity index (χ1n) is 10.6. The molecule has 0 radical (unpaired) electrons. The topological polar surface area (TPSA) is 108 Å². The summed E-state index contributed by atoms with van der Waals surface area (Å²) in [5.41, 5.74) is 0.127. The third-order valence-corrected chi connectivity index (χ3v) is 5.37. The second-order valence-corrected chi connectivity index (χ2v) is 7.75. The molecule has 2 aliphatic rings. The first-order valence-corrected chi connectivity index (χ1v) is 10.6. The second-order valence-electron chi connectivity index (χ2n) is 7.75. The molecule has 12 heteroatoms. The van der Waals surface area contributed by atoms with Crippen molar-refractivity contribution >= 4 is 46.5 Å². The minimum absolute atomic E-state index is 0.0256. The van der Waals surface area contributed by atoms with E-state index in [1.54, 1.807) is 30.3 Å². The van der Waals surface area contributed by atoms with E-state index in [1.807, 2.05) is 0 Å². The number of ether oxygens (including phenoxy) is 1. The highest BCUT2D eigenvalue weighted by atomic mass is 19.4. The van der Waals surface area contributed by atoms with Crippen LogP contribution in [0.3, 0.4) is 0 Å². The first kappa shape index (κ1) is 23.9. The minimum Gasteiger partial charge on any atom is -0.451 e. The zero-order valence-electron chi connectivity index (χ0n) is 18.1. The molecule has 4 rings (SSSR count). The molecule has 2 aromatic rings. The van der Waals surface area contributed by atoms with Crippen molar-refractivity contribution in [3.05, 3.63) is 54.6 Å². The molecule has 0 aliphatic carbocycles. The minimum atomic E-state index is -4.92. The number of para-hydroxylation sites is 3. The predicted octanol–water partition coefficient (Wildman–Crippen LogP) is 3.02. The molecule has 0 spiro atoms. The molecule has 0 saturated heterocycles. The van der Waals surface area contributed by atoms with E-state index in [2.05, 4.69) is 10.4 Å². The lowest BCUT2D eigenvalue weighted by Gasteiger charge is -2.31. The van der Waals surface area contributed by atoms with Crippen molar-refractivity contribution < 1.29 is 37.1 Å². The van der Waals surface area contributed by atoms with Crippen LogP contribution in [-0.2, 0) is 23.9 Å². The van der Waals surface area contributed by atoms with Gasteiger partial charge in [-0.2, -0.15) is 18.3 Å². The summed E-state index contributed by atoms with van der Waals surface area (Å²) >= 11 is 0. The Bertz CT molecular complexity index is 1200. The van der Waals surface area contributed by atoms with Gasteiger partial charge in [-0.05, 0) is 24.3 Å². The smallest absolute Gasteiger partial charge is 0.409 e. The molecular formula is C23H19F3N4O5. The Balaban J connectivity index is 1.54. The van der Waals surface area contributed by atoms with Gasteiger partial charge in [-0.1, -0.05) is 30.3 Å². The summed E-state index contributed by atoms with van der Waals surface area (Å²) in [6.07, 6.45) is -6.03. The van der Waals surface area contributed by atoms with Crippen molar-refractivity contribution in [1.82, 2.24) is 0 Å². The molecule has 3 amide bonds. The number of hydrazone groups is 1. The van der Waals surface area contributed by atoms with Gasteiger partial charge in [0.1, 0.15) is 11.8 Å². The van der Waals surface area contributed by atoms with Crippen molar-refractivity contribution in [3.8, 4) is 0 Å². The average Bonchev–Trinajstić information content (AvgIpc) is 2.99. The number of hydrogen-bond acceptors (Lipinski definition) is 6. The molecule has 0 aromatic heterocycles. The Labute approximate surface area is 197 Å². The molecule has 35 heavy (non-hydrogen) atoms. The highest BCUT2D eigenvalue weighted by Gasteiger charge is 2.49. The van der Waals surface area contributed by atoms with Crippen molar-refractivity contribution in [1.29, 1.82) is 0 Å². The maximum absolute atomic E-state index is 13.8. The summed E-state index contributed by atoms with van der Waals surface area (Å²) < 4.78 is 46.4. The fourth-order valence-electron chi connectivity index (χ4n) is 3.75. The van der Waals surface area contributed by atoms with E-state index in [4.69, 9.17) is 4.74 Å². The van der Waals surface area contributed by atoms with E-state index < -0.39 is 43.0 Å². The quantitative estimate of drug-likeness (QED) is 0.666. The zero-order valence-corrected chi connectivity index (χ0v) is 18.1. The summed E-state index contributed by atoms with van der Waals surface area (Å²) in [6, 6.07) is 11.4. The highest BCUT2D eigenvalue weighted by Crippen LogP contribution is 2.37. The van der Waals surface area contributed by atoms with Gasteiger partial charge >= 0.3 is 12.1 Å². The van der Waals surface area contributed by atoms with Crippen molar-refractivity contribution in [3.63, 3.8) is 0 Å². The van der Waals surface area contributed by atoms with E-state index in [0.717, 1.165) is 5.01 Å². The lowest BCUT2D eigenvalue weighted by Crippen LogP contribution is -2.51.